The molecule has 0 rings (SSSR count). The van der Waals surface area contributed by atoms with E-state index in [0.29, 0.717) is 0 Å². The van der Waals surface area contributed by atoms with E-state index in [1.807, 2.05) is 4.90 Å². The number of unbranched alkanes of at least 4 members (excludes halogenated alkanes) is 12. The van der Waals surface area contributed by atoms with Gasteiger partial charge >= 0.3 is 19.5 Å². The van der Waals surface area contributed by atoms with E-state index in [2.05, 4.69) is 32.2 Å². The third-order valence-electron chi connectivity index (χ3n) is 4.32. The number of nitrogens with two attached hydrogens (primary N) is 1. The molecule has 2 N–H and O–H groups in total. The Hall–Kier alpha value is 0.00338. The monoisotopic (exact) mass is 468 g/mol. The van der Waals surface area contributed by atoms with Crippen LogP contribution in [0.1, 0.15) is 104 Å². The zero-order valence-corrected chi connectivity index (χ0v) is 22.3. The maximum absolute atomic E-state index is 11.5. The van der Waals surface area contributed by atoms with E-state index in [1.54, 1.807) is 0 Å². The molecule has 0 saturated carbocycles. The predicted octanol–water partition coefficient (Wildman–Crippen LogP) is 6.07. The molecule has 0 aliphatic heterocycles. The van der Waals surface area contributed by atoms with Crippen molar-refractivity contribution >= 4 is 35.7 Å². The first-order valence-electron chi connectivity index (χ1n) is 10.4. The van der Waals surface area contributed by atoms with E-state index in [1.165, 1.54) is 77.0 Å². The van der Waals surface area contributed by atoms with Crippen LogP contribution in [-0.2, 0) is 44.7 Å². The second-order valence-electron chi connectivity index (χ2n) is 6.81. The van der Waals surface area contributed by atoms with Gasteiger partial charge < -0.3 is 45.5 Å². The van der Waals surface area contributed by atoms with Crippen LogP contribution in [0.2, 0.25) is 0 Å². The fraction of sp³-hybridized carbons (Fsp3) is 0.900. The zero-order valence-electron chi connectivity index (χ0n) is 17.7. The number of rotatable bonds is 16. The van der Waals surface area contributed by atoms with Crippen molar-refractivity contribution in [3.8, 4) is 0 Å². The summed E-state index contributed by atoms with van der Waals surface area (Å²) in [4.78, 5) is 22.4. The molecule has 156 valence electrons. The van der Waals surface area contributed by atoms with Crippen LogP contribution in [-0.4, -0.2) is 28.5 Å². The topological polar surface area (TPSA) is 63.4 Å². The summed E-state index contributed by atoms with van der Waals surface area (Å²) in [6, 6.07) is 0. The Balaban J connectivity index is -0.00000104. The number of nitrogens with zero attached hydrogens (tertiary/aromatic N) is 1. The molecule has 0 saturated heterocycles. The predicted molar refractivity (Wildman–Crippen MR) is 117 cm³/mol. The number of carbonyl (C=O) groups is 2. The maximum atomic E-state index is 11.5. The fourth-order valence-corrected chi connectivity index (χ4v) is 3.00. The molecule has 0 aromatic carbocycles. The molecule has 7 heteroatoms. The summed E-state index contributed by atoms with van der Waals surface area (Å²) in [6.45, 7) is 6.23. The molecule has 0 spiro atoms. The van der Waals surface area contributed by atoms with Gasteiger partial charge in [0, 0.05) is 13.1 Å². The van der Waals surface area contributed by atoms with Crippen molar-refractivity contribution in [3.63, 3.8) is 0 Å². The Kier molecular flexibility index (Phi) is 30.5. The van der Waals surface area contributed by atoms with Gasteiger partial charge in [0.15, 0.2) is 0 Å². The molecule has 4 nitrogen and oxygen atoms in total. The van der Waals surface area contributed by atoms with Crippen molar-refractivity contribution in [3.05, 3.63) is 0 Å². The van der Waals surface area contributed by atoms with E-state index < -0.39 is 5.24 Å². The number of amides is 2. The number of hydrogen-bond acceptors (Lipinski definition) is 4. The molecule has 0 heterocycles. The molecule has 0 aromatic rings. The number of primary amides is 1. The van der Waals surface area contributed by atoms with Gasteiger partial charge in [0.25, 0.3) is 0 Å². The average Bonchev–Trinajstić information content (AvgIpc) is 2.57. The molecule has 0 aliphatic carbocycles. The van der Waals surface area contributed by atoms with Gasteiger partial charge in [0.2, 0.25) is 0 Å². The third kappa shape index (κ3) is 30.9. The summed E-state index contributed by atoms with van der Waals surface area (Å²) in [6.07, 6.45) is 18.0. The van der Waals surface area contributed by atoms with Crippen LogP contribution in [0, 0.1) is 0 Å². The average molecular weight is 470 g/mol. The van der Waals surface area contributed by atoms with Crippen LogP contribution >= 0.6 is 0 Å². The normalized spacial score (nSPS) is 9.70. The fourth-order valence-electron chi connectivity index (χ4n) is 2.81. The second-order valence-corrected chi connectivity index (χ2v) is 7.57. The number of hydrogen-bond donors (Lipinski definition) is 1. The minimum Gasteiger partial charge on any atom is -0.719 e. The first-order chi connectivity index (χ1) is 12.5. The molecule has 2 amide bonds. The minimum absolute atomic E-state index is 0. The van der Waals surface area contributed by atoms with Gasteiger partial charge in [-0.25, -0.2) is 0 Å². The number of carbonyl (C=O) groups excluding carboxylic acids is 2. The van der Waals surface area contributed by atoms with Crippen LogP contribution in [0.4, 0.5) is 9.59 Å². The van der Waals surface area contributed by atoms with Crippen molar-refractivity contribution in [1.29, 1.82) is 0 Å². The molecule has 27 heavy (non-hydrogen) atoms. The molecule has 0 fully saturated rings. The summed E-state index contributed by atoms with van der Waals surface area (Å²) < 4.78 is 0. The summed E-state index contributed by atoms with van der Waals surface area (Å²) >= 11 is 8.62. The molecule has 0 unspecified atom stereocenters. The van der Waals surface area contributed by atoms with Gasteiger partial charge in [0.05, 0.1) is 5.24 Å². The molecular weight excluding hydrogens is 430 g/mol. The van der Waals surface area contributed by atoms with E-state index in [-0.39, 0.29) is 24.7 Å². The van der Waals surface area contributed by atoms with E-state index in [9.17, 15) is 4.79 Å². The first-order valence-corrected chi connectivity index (χ1v) is 11.2. The summed E-state index contributed by atoms with van der Waals surface area (Å²) in [5, 5.41) is -0.906. The van der Waals surface area contributed by atoms with Crippen LogP contribution < -0.4 is 5.73 Å². The SMILES string of the molecule is CCCCCCCCCN(CCCCCCCCC)C(=O)[S-].NC(=O)[S-].[Zn+2]. The van der Waals surface area contributed by atoms with E-state index in [4.69, 9.17) is 17.4 Å². The summed E-state index contributed by atoms with van der Waals surface area (Å²) in [5.74, 6) is 0. The summed E-state index contributed by atoms with van der Waals surface area (Å²) in [7, 11) is 0. The minimum atomic E-state index is -0.750. The third-order valence-corrected chi connectivity index (χ3v) is 4.58. The second kappa shape index (κ2) is 26.0. The first kappa shape index (κ1) is 31.7. The molecule has 0 bridgehead atoms. The Morgan fingerprint density at radius 1 is 0.667 bits per heavy atom. The van der Waals surface area contributed by atoms with Gasteiger partial charge in [-0.1, -0.05) is 90.9 Å². The van der Waals surface area contributed by atoms with Gasteiger partial charge in [-0.05, 0) is 12.8 Å². The van der Waals surface area contributed by atoms with Crippen LogP contribution in [0.15, 0.2) is 0 Å². The Morgan fingerprint density at radius 2 is 0.926 bits per heavy atom. The smallest absolute Gasteiger partial charge is 0.719 e. The summed E-state index contributed by atoms with van der Waals surface area (Å²) in [5.41, 5.74) is 4.29. The van der Waals surface area contributed by atoms with Crippen molar-refractivity contribution < 1.29 is 29.1 Å². The standard InChI is InChI=1S/C19H39NOS.CH3NOS.Zn/c1-3-5-7-9-11-13-15-17-20(19(21)22)18-16-14-12-10-8-6-4-2;2-1(3)4;/h3-18H2,1-2H3,(H,21,22);(H3,2,3,4);/q;;+2/p-2. The van der Waals surface area contributed by atoms with Gasteiger partial charge in [-0.3, -0.25) is 0 Å². The molecule has 0 aliphatic rings. The van der Waals surface area contributed by atoms with E-state index >= 15 is 0 Å². The maximum Gasteiger partial charge on any atom is 2.00 e. The Bertz CT molecular complexity index is 313. The zero-order chi connectivity index (χ0) is 20.0. The molecular formula is C20H40N2O2S2Zn. The van der Waals surface area contributed by atoms with Gasteiger partial charge in [0.1, 0.15) is 5.24 Å². The van der Waals surface area contributed by atoms with Crippen molar-refractivity contribution in [2.75, 3.05) is 13.1 Å². The quantitative estimate of drug-likeness (QED) is 0.169. The Labute approximate surface area is 191 Å². The van der Waals surface area contributed by atoms with Crippen LogP contribution in [0.5, 0.6) is 0 Å². The van der Waals surface area contributed by atoms with Crippen molar-refractivity contribution in [2.45, 2.75) is 104 Å². The van der Waals surface area contributed by atoms with Crippen LogP contribution in [0.25, 0.3) is 0 Å². The molecule has 0 atom stereocenters. The van der Waals surface area contributed by atoms with Crippen LogP contribution in [0.3, 0.4) is 0 Å². The Morgan fingerprint density at radius 3 is 1.19 bits per heavy atom. The van der Waals surface area contributed by atoms with E-state index in [0.717, 1.165) is 25.9 Å². The molecule has 0 aromatic heterocycles. The largest absolute Gasteiger partial charge is 2.00 e. The molecule has 0 radical (unpaired) electrons. The van der Waals surface area contributed by atoms with Crippen molar-refractivity contribution in [1.82, 2.24) is 4.90 Å². The van der Waals surface area contributed by atoms with Crippen molar-refractivity contribution in [2.24, 2.45) is 5.73 Å². The van der Waals surface area contributed by atoms with Gasteiger partial charge in [-0.15, -0.1) is 0 Å². The van der Waals surface area contributed by atoms with Gasteiger partial charge in [-0.2, -0.15) is 0 Å².